The van der Waals surface area contributed by atoms with Crippen LogP contribution in [0.3, 0.4) is 0 Å². The van der Waals surface area contributed by atoms with Crippen molar-refractivity contribution in [3.05, 3.63) is 29.8 Å². The average Bonchev–Trinajstić information content (AvgIpc) is 2.95. The number of hydrogen-bond acceptors (Lipinski definition) is 5. The van der Waals surface area contributed by atoms with Gasteiger partial charge < -0.3 is 20.7 Å². The summed E-state index contributed by atoms with van der Waals surface area (Å²) in [4.78, 5) is 37.1. The van der Waals surface area contributed by atoms with Crippen molar-refractivity contribution in [1.29, 1.82) is 0 Å². The lowest BCUT2D eigenvalue weighted by atomic mass is 10.1. The SMILES string of the molecule is CCNC(=O)[C@@H]1C[C@@H](N)CN1C(=O)COc1ccc(C(C)=O)cc1. The fourth-order valence-electron chi connectivity index (χ4n) is 2.70. The molecular weight excluding hydrogens is 310 g/mol. The van der Waals surface area contributed by atoms with Crippen molar-refractivity contribution >= 4 is 17.6 Å². The van der Waals surface area contributed by atoms with Gasteiger partial charge in [0.25, 0.3) is 5.91 Å². The quantitative estimate of drug-likeness (QED) is 0.731. The first-order valence-electron chi connectivity index (χ1n) is 7.99. The molecule has 1 aromatic carbocycles. The number of rotatable bonds is 6. The summed E-state index contributed by atoms with van der Waals surface area (Å²) in [5.74, 6) is -0.0145. The van der Waals surface area contributed by atoms with Crippen molar-refractivity contribution in [2.75, 3.05) is 19.7 Å². The van der Waals surface area contributed by atoms with E-state index in [2.05, 4.69) is 5.32 Å². The topological polar surface area (TPSA) is 102 Å². The van der Waals surface area contributed by atoms with Gasteiger partial charge in [-0.25, -0.2) is 0 Å². The smallest absolute Gasteiger partial charge is 0.261 e. The minimum absolute atomic E-state index is 0.0338. The summed E-state index contributed by atoms with van der Waals surface area (Å²) >= 11 is 0. The van der Waals surface area contributed by atoms with Gasteiger partial charge in [0.1, 0.15) is 11.8 Å². The fraction of sp³-hybridized carbons (Fsp3) is 0.471. The summed E-state index contributed by atoms with van der Waals surface area (Å²) in [6, 6.07) is 5.81. The molecule has 130 valence electrons. The zero-order valence-corrected chi connectivity index (χ0v) is 14.0. The minimum Gasteiger partial charge on any atom is -0.484 e. The van der Waals surface area contributed by atoms with E-state index < -0.39 is 6.04 Å². The number of nitrogens with zero attached hydrogens (tertiary/aromatic N) is 1. The predicted molar refractivity (Wildman–Crippen MR) is 88.7 cm³/mol. The van der Waals surface area contributed by atoms with Crippen LogP contribution in [-0.2, 0) is 9.59 Å². The number of likely N-dealkylation sites (N-methyl/N-ethyl adjacent to an activating group) is 1. The van der Waals surface area contributed by atoms with Crippen LogP contribution in [0.5, 0.6) is 5.75 Å². The number of nitrogens with two attached hydrogens (primary N) is 1. The Morgan fingerprint density at radius 1 is 1.29 bits per heavy atom. The molecule has 24 heavy (non-hydrogen) atoms. The van der Waals surface area contributed by atoms with Crippen LogP contribution in [0.1, 0.15) is 30.6 Å². The van der Waals surface area contributed by atoms with Crippen molar-refractivity contribution in [1.82, 2.24) is 10.2 Å². The number of Topliss-reactive ketones (excluding diaryl/α,β-unsaturated/α-hetero) is 1. The minimum atomic E-state index is -0.545. The van der Waals surface area contributed by atoms with Crippen LogP contribution in [-0.4, -0.2) is 54.3 Å². The third-order valence-electron chi connectivity index (χ3n) is 3.93. The molecular formula is C17H23N3O4. The molecule has 1 heterocycles. The number of likely N-dealkylation sites (tertiary alicyclic amines) is 1. The Kier molecular flexibility index (Phi) is 5.92. The lowest BCUT2D eigenvalue weighted by Gasteiger charge is -2.23. The molecule has 2 amide bonds. The van der Waals surface area contributed by atoms with Crippen LogP contribution in [0.15, 0.2) is 24.3 Å². The molecule has 0 aromatic heterocycles. The van der Waals surface area contributed by atoms with Crippen LogP contribution in [0.2, 0.25) is 0 Å². The summed E-state index contributed by atoms with van der Waals surface area (Å²) in [5, 5.41) is 2.72. The molecule has 3 N–H and O–H groups in total. The summed E-state index contributed by atoms with van der Waals surface area (Å²) in [6.45, 7) is 3.98. The second kappa shape index (κ2) is 7.92. The molecule has 0 bridgehead atoms. The van der Waals surface area contributed by atoms with Crippen molar-refractivity contribution < 1.29 is 19.1 Å². The van der Waals surface area contributed by atoms with Gasteiger partial charge >= 0.3 is 0 Å². The summed E-state index contributed by atoms with van der Waals surface area (Å²) in [6.07, 6.45) is 0.449. The molecule has 1 aliphatic rings. The number of hydrogen-bond donors (Lipinski definition) is 2. The highest BCUT2D eigenvalue weighted by atomic mass is 16.5. The van der Waals surface area contributed by atoms with Gasteiger partial charge in [-0.15, -0.1) is 0 Å². The lowest BCUT2D eigenvalue weighted by Crippen LogP contribution is -2.47. The molecule has 0 aliphatic carbocycles. The van der Waals surface area contributed by atoms with Gasteiger partial charge in [0.2, 0.25) is 5.91 Å². The van der Waals surface area contributed by atoms with Gasteiger partial charge in [0.15, 0.2) is 12.4 Å². The number of amides is 2. The summed E-state index contributed by atoms with van der Waals surface area (Å²) < 4.78 is 5.46. The van der Waals surface area contributed by atoms with E-state index in [1.165, 1.54) is 11.8 Å². The molecule has 2 rings (SSSR count). The van der Waals surface area contributed by atoms with Gasteiger partial charge in [0, 0.05) is 24.7 Å². The second-order valence-corrected chi connectivity index (χ2v) is 5.82. The van der Waals surface area contributed by atoms with E-state index in [0.717, 1.165) is 0 Å². The number of benzene rings is 1. The van der Waals surface area contributed by atoms with E-state index in [-0.39, 0.29) is 30.2 Å². The first-order valence-corrected chi connectivity index (χ1v) is 7.99. The Morgan fingerprint density at radius 2 is 1.96 bits per heavy atom. The molecule has 1 aromatic rings. The molecule has 7 heteroatoms. The van der Waals surface area contributed by atoms with Gasteiger partial charge in [0.05, 0.1) is 0 Å². The molecule has 0 spiro atoms. The van der Waals surface area contributed by atoms with Crippen LogP contribution in [0.4, 0.5) is 0 Å². The van der Waals surface area contributed by atoms with E-state index in [9.17, 15) is 14.4 Å². The first kappa shape index (κ1) is 17.9. The first-order chi connectivity index (χ1) is 11.4. The Labute approximate surface area is 141 Å². The zero-order chi connectivity index (χ0) is 17.7. The molecule has 2 atom stereocenters. The maximum Gasteiger partial charge on any atom is 0.261 e. The van der Waals surface area contributed by atoms with Gasteiger partial charge in [-0.1, -0.05) is 0 Å². The van der Waals surface area contributed by atoms with Crippen molar-refractivity contribution in [2.45, 2.75) is 32.4 Å². The highest BCUT2D eigenvalue weighted by Crippen LogP contribution is 2.18. The van der Waals surface area contributed by atoms with E-state index in [0.29, 0.717) is 30.8 Å². The molecule has 1 aliphatic heterocycles. The van der Waals surface area contributed by atoms with Crippen LogP contribution in [0, 0.1) is 0 Å². The standard InChI is InChI=1S/C17H23N3O4/c1-3-19-17(23)15-8-13(18)9-20(15)16(22)10-24-14-6-4-12(5-7-14)11(2)21/h4-7,13,15H,3,8-10,18H2,1-2H3,(H,19,23)/t13-,15+/m1/s1. The van der Waals surface area contributed by atoms with Crippen molar-refractivity contribution in [3.63, 3.8) is 0 Å². The molecule has 1 saturated heterocycles. The van der Waals surface area contributed by atoms with Gasteiger partial charge in [-0.2, -0.15) is 0 Å². The third-order valence-corrected chi connectivity index (χ3v) is 3.93. The number of ketones is 1. The number of carbonyl (C=O) groups is 3. The predicted octanol–water partition coefficient (Wildman–Crippen LogP) is 0.332. The zero-order valence-electron chi connectivity index (χ0n) is 14.0. The Balaban J connectivity index is 1.95. The van der Waals surface area contributed by atoms with E-state index >= 15 is 0 Å². The number of carbonyl (C=O) groups excluding carboxylic acids is 3. The second-order valence-electron chi connectivity index (χ2n) is 5.82. The number of nitrogens with one attached hydrogen (secondary N) is 1. The highest BCUT2D eigenvalue weighted by Gasteiger charge is 2.37. The largest absolute Gasteiger partial charge is 0.484 e. The molecule has 0 unspecified atom stereocenters. The Bertz CT molecular complexity index is 615. The van der Waals surface area contributed by atoms with Crippen LogP contribution in [0.25, 0.3) is 0 Å². The Morgan fingerprint density at radius 3 is 2.54 bits per heavy atom. The maximum atomic E-state index is 12.4. The van der Waals surface area contributed by atoms with Crippen LogP contribution >= 0.6 is 0 Å². The van der Waals surface area contributed by atoms with E-state index in [4.69, 9.17) is 10.5 Å². The van der Waals surface area contributed by atoms with Crippen molar-refractivity contribution in [3.8, 4) is 5.75 Å². The van der Waals surface area contributed by atoms with Gasteiger partial charge in [-0.3, -0.25) is 14.4 Å². The average molecular weight is 333 g/mol. The normalized spacial score (nSPS) is 19.9. The summed E-state index contributed by atoms with van der Waals surface area (Å²) in [7, 11) is 0. The molecule has 0 radical (unpaired) electrons. The summed E-state index contributed by atoms with van der Waals surface area (Å²) in [5.41, 5.74) is 6.47. The molecule has 0 saturated carbocycles. The number of ether oxygens (including phenoxy) is 1. The fourth-order valence-corrected chi connectivity index (χ4v) is 2.70. The highest BCUT2D eigenvalue weighted by molar-refractivity contribution is 5.94. The third kappa shape index (κ3) is 4.32. The van der Waals surface area contributed by atoms with Gasteiger partial charge in [-0.05, 0) is 44.5 Å². The molecule has 1 fully saturated rings. The van der Waals surface area contributed by atoms with Crippen molar-refractivity contribution in [2.24, 2.45) is 5.73 Å². The Hall–Kier alpha value is -2.41. The van der Waals surface area contributed by atoms with Crippen LogP contribution < -0.4 is 15.8 Å². The maximum absolute atomic E-state index is 12.4. The molecule has 7 nitrogen and oxygen atoms in total. The lowest BCUT2D eigenvalue weighted by molar-refractivity contribution is -0.139. The van der Waals surface area contributed by atoms with E-state index in [1.807, 2.05) is 6.92 Å². The monoisotopic (exact) mass is 333 g/mol. The van der Waals surface area contributed by atoms with E-state index in [1.54, 1.807) is 24.3 Å².